The summed E-state index contributed by atoms with van der Waals surface area (Å²) in [5.41, 5.74) is 7.94. The Labute approximate surface area is 120 Å². The fraction of sp³-hybridized carbons (Fsp3) is 0.562. The van der Waals surface area contributed by atoms with E-state index in [1.807, 2.05) is 31.2 Å². The lowest BCUT2D eigenvalue weighted by atomic mass is 10.1. The van der Waals surface area contributed by atoms with E-state index in [1.165, 1.54) is 12.8 Å². The summed E-state index contributed by atoms with van der Waals surface area (Å²) in [6.45, 7) is 3.10. The maximum Gasteiger partial charge on any atom is 0.241 e. The molecule has 4 heteroatoms. The third-order valence-electron chi connectivity index (χ3n) is 3.78. The Morgan fingerprint density at radius 1 is 1.35 bits per heavy atom. The van der Waals surface area contributed by atoms with Gasteiger partial charge in [0.1, 0.15) is 6.04 Å². The summed E-state index contributed by atoms with van der Waals surface area (Å²) in [7, 11) is 0. The molecule has 0 bridgehead atoms. The van der Waals surface area contributed by atoms with Gasteiger partial charge in [-0.15, -0.1) is 0 Å². The van der Waals surface area contributed by atoms with E-state index in [9.17, 15) is 4.79 Å². The van der Waals surface area contributed by atoms with E-state index in [0.717, 1.165) is 24.0 Å². The van der Waals surface area contributed by atoms with E-state index in [-0.39, 0.29) is 5.91 Å². The molecule has 4 nitrogen and oxygen atoms in total. The minimum atomic E-state index is -0.609. The zero-order valence-electron chi connectivity index (χ0n) is 12.1. The van der Waals surface area contributed by atoms with E-state index in [0.29, 0.717) is 19.3 Å². The second-order valence-corrected chi connectivity index (χ2v) is 5.46. The van der Waals surface area contributed by atoms with Gasteiger partial charge in [-0.2, -0.15) is 0 Å². The van der Waals surface area contributed by atoms with Crippen LogP contribution in [-0.4, -0.2) is 25.2 Å². The van der Waals surface area contributed by atoms with Crippen molar-refractivity contribution < 1.29 is 9.53 Å². The van der Waals surface area contributed by atoms with Crippen LogP contribution in [0.1, 0.15) is 42.9 Å². The molecule has 0 radical (unpaired) electrons. The largest absolute Gasteiger partial charge is 0.376 e. The molecule has 1 atom stereocenters. The molecular weight excluding hydrogens is 252 g/mol. The van der Waals surface area contributed by atoms with Crippen LogP contribution in [0.15, 0.2) is 24.3 Å². The lowest BCUT2D eigenvalue weighted by Crippen LogP contribution is -2.36. The van der Waals surface area contributed by atoms with Crippen molar-refractivity contribution in [2.45, 2.75) is 44.8 Å². The average Bonchev–Trinajstić information content (AvgIpc) is 2.96. The molecule has 1 saturated carbocycles. The topological polar surface area (TPSA) is 64.4 Å². The molecule has 0 heterocycles. The summed E-state index contributed by atoms with van der Waals surface area (Å²) in [4.78, 5) is 11.9. The maximum absolute atomic E-state index is 11.9. The SMILES string of the molecule is Cc1ccc(C(N)C(=O)NCCOC2CCCC2)cc1. The molecule has 1 aliphatic carbocycles. The third kappa shape index (κ3) is 4.32. The monoisotopic (exact) mass is 276 g/mol. The Bertz CT molecular complexity index is 425. The average molecular weight is 276 g/mol. The van der Waals surface area contributed by atoms with Crippen molar-refractivity contribution in [3.8, 4) is 0 Å². The van der Waals surface area contributed by atoms with E-state index in [4.69, 9.17) is 10.5 Å². The summed E-state index contributed by atoms with van der Waals surface area (Å²) in [5, 5.41) is 2.83. The van der Waals surface area contributed by atoms with Crippen molar-refractivity contribution in [1.82, 2.24) is 5.32 Å². The Morgan fingerprint density at radius 3 is 2.65 bits per heavy atom. The number of ether oxygens (including phenoxy) is 1. The first-order valence-corrected chi connectivity index (χ1v) is 7.38. The van der Waals surface area contributed by atoms with Crippen LogP contribution in [0.3, 0.4) is 0 Å². The van der Waals surface area contributed by atoms with Crippen molar-refractivity contribution in [2.24, 2.45) is 5.73 Å². The minimum Gasteiger partial charge on any atom is -0.376 e. The second-order valence-electron chi connectivity index (χ2n) is 5.46. The summed E-state index contributed by atoms with van der Waals surface area (Å²) in [5.74, 6) is -0.149. The van der Waals surface area contributed by atoms with E-state index >= 15 is 0 Å². The molecule has 0 aliphatic heterocycles. The number of hydrogen-bond acceptors (Lipinski definition) is 3. The lowest BCUT2D eigenvalue weighted by Gasteiger charge is -2.14. The first-order chi connectivity index (χ1) is 9.66. The number of nitrogens with two attached hydrogens (primary N) is 1. The lowest BCUT2D eigenvalue weighted by molar-refractivity contribution is -0.122. The van der Waals surface area contributed by atoms with Gasteiger partial charge in [-0.3, -0.25) is 4.79 Å². The molecular formula is C16H24N2O2. The normalized spacial score (nSPS) is 17.1. The molecule has 1 unspecified atom stereocenters. The predicted molar refractivity (Wildman–Crippen MR) is 79.3 cm³/mol. The van der Waals surface area contributed by atoms with Gasteiger partial charge in [0.2, 0.25) is 5.91 Å². The molecule has 1 aromatic rings. The highest BCUT2D eigenvalue weighted by Gasteiger charge is 2.17. The summed E-state index contributed by atoms with van der Waals surface area (Å²) in [6, 6.07) is 7.11. The van der Waals surface area contributed by atoms with Gasteiger partial charge in [0.15, 0.2) is 0 Å². The van der Waals surface area contributed by atoms with Crippen LogP contribution in [0.25, 0.3) is 0 Å². The molecule has 20 heavy (non-hydrogen) atoms. The van der Waals surface area contributed by atoms with Gasteiger partial charge in [0.25, 0.3) is 0 Å². The Hall–Kier alpha value is -1.39. The first kappa shape index (κ1) is 15.0. The van der Waals surface area contributed by atoms with Crippen LogP contribution < -0.4 is 11.1 Å². The number of rotatable bonds is 6. The van der Waals surface area contributed by atoms with Gasteiger partial charge in [0.05, 0.1) is 12.7 Å². The number of carbonyl (C=O) groups excluding carboxylic acids is 1. The minimum absolute atomic E-state index is 0.149. The number of hydrogen-bond donors (Lipinski definition) is 2. The predicted octanol–water partition coefficient (Wildman–Crippen LogP) is 2.07. The van der Waals surface area contributed by atoms with Crippen molar-refractivity contribution >= 4 is 5.91 Å². The zero-order chi connectivity index (χ0) is 14.4. The van der Waals surface area contributed by atoms with Crippen LogP contribution in [-0.2, 0) is 9.53 Å². The number of amides is 1. The highest BCUT2D eigenvalue weighted by atomic mass is 16.5. The molecule has 0 saturated heterocycles. The molecule has 2 rings (SSSR count). The molecule has 3 N–H and O–H groups in total. The van der Waals surface area contributed by atoms with Crippen molar-refractivity contribution in [3.63, 3.8) is 0 Å². The fourth-order valence-corrected chi connectivity index (χ4v) is 2.49. The van der Waals surface area contributed by atoms with Gasteiger partial charge in [-0.1, -0.05) is 42.7 Å². The van der Waals surface area contributed by atoms with Crippen LogP contribution in [0, 0.1) is 6.92 Å². The number of benzene rings is 1. The highest BCUT2D eigenvalue weighted by molar-refractivity contribution is 5.82. The summed E-state index contributed by atoms with van der Waals surface area (Å²) < 4.78 is 5.70. The number of aryl methyl sites for hydroxylation is 1. The van der Waals surface area contributed by atoms with E-state index in [2.05, 4.69) is 5.32 Å². The first-order valence-electron chi connectivity index (χ1n) is 7.38. The van der Waals surface area contributed by atoms with Gasteiger partial charge in [-0.05, 0) is 25.3 Å². The fourth-order valence-electron chi connectivity index (χ4n) is 2.49. The second kappa shape index (κ2) is 7.41. The van der Waals surface area contributed by atoms with Crippen LogP contribution >= 0.6 is 0 Å². The Morgan fingerprint density at radius 2 is 2.00 bits per heavy atom. The van der Waals surface area contributed by atoms with Gasteiger partial charge in [0, 0.05) is 6.54 Å². The van der Waals surface area contributed by atoms with Crippen molar-refractivity contribution in [2.75, 3.05) is 13.2 Å². The molecule has 0 spiro atoms. The summed E-state index contributed by atoms with van der Waals surface area (Å²) in [6.07, 6.45) is 5.20. The van der Waals surface area contributed by atoms with E-state index < -0.39 is 6.04 Å². The molecule has 0 aromatic heterocycles. The molecule has 1 fully saturated rings. The van der Waals surface area contributed by atoms with Crippen molar-refractivity contribution in [3.05, 3.63) is 35.4 Å². The maximum atomic E-state index is 11.9. The third-order valence-corrected chi connectivity index (χ3v) is 3.78. The standard InChI is InChI=1S/C16H24N2O2/c1-12-6-8-13(9-7-12)15(17)16(19)18-10-11-20-14-4-2-3-5-14/h6-9,14-15H,2-5,10-11,17H2,1H3,(H,18,19). The molecule has 1 amide bonds. The number of carbonyl (C=O) groups is 1. The summed E-state index contributed by atoms with van der Waals surface area (Å²) >= 11 is 0. The molecule has 1 aromatic carbocycles. The number of nitrogens with one attached hydrogen (secondary N) is 1. The Balaban J connectivity index is 1.69. The smallest absolute Gasteiger partial charge is 0.241 e. The Kier molecular flexibility index (Phi) is 5.56. The van der Waals surface area contributed by atoms with E-state index in [1.54, 1.807) is 0 Å². The van der Waals surface area contributed by atoms with Crippen molar-refractivity contribution in [1.29, 1.82) is 0 Å². The highest BCUT2D eigenvalue weighted by Crippen LogP contribution is 2.20. The van der Waals surface area contributed by atoms with Gasteiger partial charge in [-0.25, -0.2) is 0 Å². The quantitative estimate of drug-likeness (QED) is 0.782. The van der Waals surface area contributed by atoms with Crippen LogP contribution in [0.4, 0.5) is 0 Å². The van der Waals surface area contributed by atoms with Gasteiger partial charge >= 0.3 is 0 Å². The molecule has 110 valence electrons. The van der Waals surface area contributed by atoms with Crippen LogP contribution in [0.2, 0.25) is 0 Å². The van der Waals surface area contributed by atoms with Crippen LogP contribution in [0.5, 0.6) is 0 Å². The molecule has 1 aliphatic rings. The van der Waals surface area contributed by atoms with Gasteiger partial charge < -0.3 is 15.8 Å². The zero-order valence-corrected chi connectivity index (χ0v) is 12.1.